The van der Waals surface area contributed by atoms with Gasteiger partial charge in [-0.3, -0.25) is 4.79 Å². The summed E-state index contributed by atoms with van der Waals surface area (Å²) >= 11 is 1.58. The highest BCUT2D eigenvalue weighted by atomic mass is 32.2. The lowest BCUT2D eigenvalue weighted by atomic mass is 9.82. The average molecular weight is 566 g/mol. The van der Waals surface area contributed by atoms with Gasteiger partial charge in [-0.2, -0.15) is 0 Å². The molecule has 2 atom stereocenters. The molecule has 3 aromatic rings. The quantitative estimate of drug-likeness (QED) is 0.246. The van der Waals surface area contributed by atoms with Gasteiger partial charge in [-0.15, -0.1) is 11.8 Å². The van der Waals surface area contributed by atoms with Gasteiger partial charge in [0.25, 0.3) is 0 Å². The highest BCUT2D eigenvalue weighted by Gasteiger charge is 2.42. The molecule has 1 fully saturated rings. The van der Waals surface area contributed by atoms with Gasteiger partial charge in [0.15, 0.2) is 11.4 Å². The standard InChI is InChI=1S/C31H32FNO6S/c1-18-14-21(15-19(2)28(18)39-31(3,4)29(35)36)25-16-33(30(37)38-23-10-8-22(32)9-11-23)17-26(25)27(34)20-6-12-24(40-5)13-7-20/h6-15,25-26H,16-17H2,1-5H3,(H,35,36)/t25-,26+/m1/s1. The summed E-state index contributed by atoms with van der Waals surface area (Å²) < 4.78 is 24.6. The van der Waals surface area contributed by atoms with Crippen molar-refractivity contribution in [1.82, 2.24) is 4.90 Å². The second-order valence-corrected chi connectivity index (χ2v) is 11.3. The predicted molar refractivity (Wildman–Crippen MR) is 151 cm³/mol. The van der Waals surface area contributed by atoms with Gasteiger partial charge >= 0.3 is 12.1 Å². The normalized spacial score (nSPS) is 17.0. The van der Waals surface area contributed by atoms with Crippen molar-refractivity contribution in [2.24, 2.45) is 5.92 Å². The Bertz CT molecular complexity index is 1400. The lowest BCUT2D eigenvalue weighted by Gasteiger charge is -2.26. The number of Topliss-reactive ketones (excluding diaryl/α,β-unsaturated/α-hetero) is 1. The number of likely N-dealkylation sites (tertiary alicyclic amines) is 1. The average Bonchev–Trinajstić information content (AvgIpc) is 3.37. The third-order valence-electron chi connectivity index (χ3n) is 7.09. The summed E-state index contributed by atoms with van der Waals surface area (Å²) in [6.07, 6.45) is 1.34. The zero-order chi connectivity index (χ0) is 29.2. The maximum absolute atomic E-state index is 13.8. The van der Waals surface area contributed by atoms with Crippen molar-refractivity contribution in [2.45, 2.75) is 44.1 Å². The van der Waals surface area contributed by atoms with Gasteiger partial charge < -0.3 is 19.5 Å². The summed E-state index contributed by atoms with van der Waals surface area (Å²) in [5.41, 5.74) is 1.43. The molecule has 0 spiro atoms. The number of benzene rings is 3. The molecule has 0 bridgehead atoms. The van der Waals surface area contributed by atoms with E-state index in [1.54, 1.807) is 23.9 Å². The molecule has 0 radical (unpaired) electrons. The van der Waals surface area contributed by atoms with Crippen molar-refractivity contribution in [3.63, 3.8) is 0 Å². The molecule has 4 rings (SSSR count). The highest BCUT2D eigenvalue weighted by Crippen LogP contribution is 2.39. The van der Waals surface area contributed by atoms with Crippen molar-refractivity contribution in [3.05, 3.63) is 88.7 Å². The van der Waals surface area contributed by atoms with E-state index >= 15 is 0 Å². The van der Waals surface area contributed by atoms with Crippen LogP contribution in [0.15, 0.2) is 65.6 Å². The number of ether oxygens (including phenoxy) is 2. The number of thioether (sulfide) groups is 1. The number of hydrogen-bond acceptors (Lipinski definition) is 6. The number of carboxylic acids is 1. The molecular weight excluding hydrogens is 533 g/mol. The molecule has 210 valence electrons. The van der Waals surface area contributed by atoms with Crippen LogP contribution in [0.2, 0.25) is 0 Å². The molecule has 3 aromatic carbocycles. The van der Waals surface area contributed by atoms with Gasteiger partial charge in [0.2, 0.25) is 0 Å². The fourth-order valence-electron chi connectivity index (χ4n) is 4.85. The van der Waals surface area contributed by atoms with Crippen molar-refractivity contribution < 1.29 is 33.4 Å². The molecule has 0 saturated carbocycles. The Hall–Kier alpha value is -3.85. The largest absolute Gasteiger partial charge is 0.478 e. The molecule has 40 heavy (non-hydrogen) atoms. The van der Waals surface area contributed by atoms with Crippen molar-refractivity contribution >= 4 is 29.6 Å². The molecule has 9 heteroatoms. The first kappa shape index (κ1) is 29.1. The topological polar surface area (TPSA) is 93.1 Å². The van der Waals surface area contributed by atoms with E-state index in [1.165, 1.54) is 43.0 Å². The fraction of sp³-hybridized carbons (Fsp3) is 0.323. The van der Waals surface area contributed by atoms with E-state index in [2.05, 4.69) is 0 Å². The number of ketones is 1. The highest BCUT2D eigenvalue weighted by molar-refractivity contribution is 7.98. The second kappa shape index (κ2) is 11.7. The smallest absolute Gasteiger partial charge is 0.415 e. The summed E-state index contributed by atoms with van der Waals surface area (Å²) in [4.78, 5) is 41.0. The molecule has 1 saturated heterocycles. The van der Waals surface area contributed by atoms with Gasteiger partial charge in [-0.05, 0) is 87.0 Å². The van der Waals surface area contributed by atoms with E-state index in [0.717, 1.165) is 21.6 Å². The molecule has 0 aliphatic carbocycles. The summed E-state index contributed by atoms with van der Waals surface area (Å²) in [6, 6.07) is 16.3. The number of hydrogen-bond donors (Lipinski definition) is 1. The molecule has 0 unspecified atom stereocenters. The van der Waals surface area contributed by atoms with Crippen LogP contribution in [0, 0.1) is 25.6 Å². The van der Waals surface area contributed by atoms with Crippen LogP contribution in [0.3, 0.4) is 0 Å². The van der Waals surface area contributed by atoms with E-state index in [0.29, 0.717) is 11.3 Å². The Morgan fingerprint density at radius 2 is 1.57 bits per heavy atom. The van der Waals surface area contributed by atoms with Crippen molar-refractivity contribution in [3.8, 4) is 11.5 Å². The molecule has 1 heterocycles. The summed E-state index contributed by atoms with van der Waals surface area (Å²) in [6.45, 7) is 7.02. The van der Waals surface area contributed by atoms with Crippen LogP contribution >= 0.6 is 11.8 Å². The summed E-state index contributed by atoms with van der Waals surface area (Å²) in [5.74, 6) is -1.81. The van der Waals surface area contributed by atoms with Gasteiger partial charge in [0, 0.05) is 35.4 Å². The van der Waals surface area contributed by atoms with E-state index in [9.17, 15) is 23.9 Å². The number of halogens is 1. The maximum atomic E-state index is 13.8. The summed E-state index contributed by atoms with van der Waals surface area (Å²) in [7, 11) is 0. The number of carbonyl (C=O) groups is 3. The Labute approximate surface area is 237 Å². The van der Waals surface area contributed by atoms with E-state index in [1.807, 2.05) is 44.4 Å². The van der Waals surface area contributed by atoms with Crippen molar-refractivity contribution in [2.75, 3.05) is 19.3 Å². The Balaban J connectivity index is 1.66. The van der Waals surface area contributed by atoms with Crippen LogP contribution in [-0.4, -0.2) is 52.8 Å². The third kappa shape index (κ3) is 6.31. The first-order valence-electron chi connectivity index (χ1n) is 12.8. The predicted octanol–water partition coefficient (Wildman–Crippen LogP) is 6.50. The SMILES string of the molecule is CSc1ccc(C(=O)[C@H]2CN(C(=O)Oc3ccc(F)cc3)C[C@@H]2c2cc(C)c(OC(C)(C)C(=O)O)c(C)c2)cc1. The number of rotatable bonds is 8. The Morgan fingerprint density at radius 1 is 0.975 bits per heavy atom. The van der Waals surface area contributed by atoms with Crippen LogP contribution in [0.25, 0.3) is 0 Å². The molecule has 1 N–H and O–H groups in total. The van der Waals surface area contributed by atoms with Gasteiger partial charge in [0.1, 0.15) is 17.3 Å². The first-order valence-corrected chi connectivity index (χ1v) is 14.1. The Kier molecular flexibility index (Phi) is 8.54. The van der Waals surface area contributed by atoms with Crippen molar-refractivity contribution in [1.29, 1.82) is 0 Å². The van der Waals surface area contributed by atoms with E-state index in [4.69, 9.17) is 9.47 Å². The van der Waals surface area contributed by atoms with Gasteiger partial charge in [-0.25, -0.2) is 14.0 Å². The zero-order valence-corrected chi connectivity index (χ0v) is 23.9. The molecule has 1 aliphatic heterocycles. The monoisotopic (exact) mass is 565 g/mol. The van der Waals surface area contributed by atoms with Crippen LogP contribution in [-0.2, 0) is 4.79 Å². The minimum Gasteiger partial charge on any atom is -0.478 e. The second-order valence-electron chi connectivity index (χ2n) is 10.4. The number of aryl methyl sites for hydroxylation is 2. The minimum absolute atomic E-state index is 0.0858. The fourth-order valence-corrected chi connectivity index (χ4v) is 5.26. The minimum atomic E-state index is -1.42. The van der Waals surface area contributed by atoms with Gasteiger partial charge in [0.05, 0.1) is 0 Å². The lowest BCUT2D eigenvalue weighted by Crippen LogP contribution is -2.38. The molecular formula is C31H32FNO6S. The maximum Gasteiger partial charge on any atom is 0.415 e. The van der Waals surface area contributed by atoms with Crippen LogP contribution in [0.5, 0.6) is 11.5 Å². The molecule has 7 nitrogen and oxygen atoms in total. The summed E-state index contributed by atoms with van der Waals surface area (Å²) in [5, 5.41) is 9.52. The molecule has 0 aromatic heterocycles. The van der Waals surface area contributed by atoms with E-state index in [-0.39, 0.29) is 30.5 Å². The number of amides is 1. The number of carboxylic acid groups (broad SMARTS) is 1. The molecule has 1 aliphatic rings. The third-order valence-corrected chi connectivity index (χ3v) is 7.83. The van der Waals surface area contributed by atoms with Gasteiger partial charge in [-0.1, -0.05) is 24.3 Å². The molecule has 1 amide bonds. The van der Waals surface area contributed by atoms with E-state index < -0.39 is 29.4 Å². The first-order chi connectivity index (χ1) is 18.9. The van der Waals surface area contributed by atoms with Crippen LogP contribution < -0.4 is 9.47 Å². The lowest BCUT2D eigenvalue weighted by molar-refractivity contribution is -0.152. The number of aliphatic carboxylic acids is 1. The van der Waals surface area contributed by atoms with Crippen LogP contribution in [0.4, 0.5) is 9.18 Å². The van der Waals surface area contributed by atoms with Crippen LogP contribution in [0.1, 0.15) is 46.8 Å². The Morgan fingerprint density at radius 3 is 2.12 bits per heavy atom. The number of carbonyl (C=O) groups excluding carboxylic acids is 2. The number of nitrogens with zero attached hydrogens (tertiary/aromatic N) is 1. The zero-order valence-electron chi connectivity index (χ0n) is 23.1.